The van der Waals surface area contributed by atoms with Gasteiger partial charge < -0.3 is 10.0 Å². The fourth-order valence-corrected chi connectivity index (χ4v) is 2.99. The maximum atomic E-state index is 12.2. The number of anilines is 1. The van der Waals surface area contributed by atoms with Crippen LogP contribution in [-0.2, 0) is 26.0 Å². The smallest absolute Gasteiger partial charge is 0.308 e. The molecule has 8 heteroatoms. The van der Waals surface area contributed by atoms with Crippen molar-refractivity contribution in [1.29, 1.82) is 0 Å². The Labute approximate surface area is 129 Å². The highest BCUT2D eigenvalue weighted by Crippen LogP contribution is 2.19. The molecule has 1 atom stereocenters. The second-order valence-corrected chi connectivity index (χ2v) is 7.16. The van der Waals surface area contributed by atoms with Crippen molar-refractivity contribution in [3.8, 4) is 0 Å². The summed E-state index contributed by atoms with van der Waals surface area (Å²) in [5, 5.41) is 8.94. The van der Waals surface area contributed by atoms with E-state index in [4.69, 9.17) is 5.11 Å². The zero-order chi connectivity index (χ0) is 16.3. The average Bonchev–Trinajstić information content (AvgIpc) is 2.86. The highest BCUT2D eigenvalue weighted by atomic mass is 32.2. The normalized spacial score (nSPS) is 18.2. The summed E-state index contributed by atoms with van der Waals surface area (Å²) in [6.45, 7) is 0.673. The van der Waals surface area contributed by atoms with Crippen LogP contribution in [0.4, 0.5) is 5.69 Å². The van der Waals surface area contributed by atoms with E-state index in [1.807, 2.05) is 0 Å². The Hall–Kier alpha value is -2.09. The van der Waals surface area contributed by atoms with Crippen LogP contribution in [0, 0.1) is 5.92 Å². The van der Waals surface area contributed by atoms with Gasteiger partial charge in [0, 0.05) is 18.8 Å². The van der Waals surface area contributed by atoms with Crippen molar-refractivity contribution in [3.05, 3.63) is 29.8 Å². The molecule has 1 aromatic rings. The third kappa shape index (κ3) is 4.45. The second-order valence-electron chi connectivity index (χ2n) is 5.41. The van der Waals surface area contributed by atoms with Gasteiger partial charge in [-0.3, -0.25) is 14.3 Å². The first-order chi connectivity index (χ1) is 10.2. The van der Waals surface area contributed by atoms with Crippen LogP contribution in [-0.4, -0.2) is 49.6 Å². The highest BCUT2D eigenvalue weighted by molar-refractivity contribution is 7.92. The van der Waals surface area contributed by atoms with Crippen molar-refractivity contribution in [1.82, 2.24) is 4.90 Å². The van der Waals surface area contributed by atoms with Crippen LogP contribution in [0.15, 0.2) is 24.3 Å². The van der Waals surface area contributed by atoms with Gasteiger partial charge in [-0.15, -0.1) is 0 Å². The van der Waals surface area contributed by atoms with E-state index in [0.717, 1.165) is 6.26 Å². The number of amides is 1. The molecule has 2 N–H and O–H groups in total. The molecule has 1 amide bonds. The minimum atomic E-state index is -3.37. The summed E-state index contributed by atoms with van der Waals surface area (Å²) in [7, 11) is -3.37. The number of carboxylic acid groups (broad SMARTS) is 1. The molecule has 1 aliphatic heterocycles. The van der Waals surface area contributed by atoms with E-state index >= 15 is 0 Å². The van der Waals surface area contributed by atoms with Crippen molar-refractivity contribution >= 4 is 27.6 Å². The molecule has 0 aliphatic carbocycles. The van der Waals surface area contributed by atoms with Gasteiger partial charge in [0.15, 0.2) is 0 Å². The lowest BCUT2D eigenvalue weighted by atomic mass is 10.1. The van der Waals surface area contributed by atoms with Crippen molar-refractivity contribution in [2.24, 2.45) is 5.92 Å². The minimum absolute atomic E-state index is 0.117. The van der Waals surface area contributed by atoms with Gasteiger partial charge in [0.1, 0.15) is 0 Å². The average molecular weight is 326 g/mol. The molecule has 7 nitrogen and oxygen atoms in total. The van der Waals surface area contributed by atoms with Crippen molar-refractivity contribution < 1.29 is 23.1 Å². The van der Waals surface area contributed by atoms with E-state index in [0.29, 0.717) is 24.2 Å². The molecule has 1 saturated heterocycles. The number of hydrogen-bond acceptors (Lipinski definition) is 4. The summed E-state index contributed by atoms with van der Waals surface area (Å²) in [5.74, 6) is -1.53. The number of rotatable bonds is 5. The molecular weight excluding hydrogens is 308 g/mol. The number of nitrogens with one attached hydrogen (secondary N) is 1. The van der Waals surface area contributed by atoms with Crippen molar-refractivity contribution in [2.75, 3.05) is 24.1 Å². The third-order valence-electron chi connectivity index (χ3n) is 3.48. The van der Waals surface area contributed by atoms with Gasteiger partial charge in [-0.1, -0.05) is 12.1 Å². The molecule has 1 aromatic carbocycles. The fraction of sp³-hybridized carbons (Fsp3) is 0.429. The Bertz CT molecular complexity index is 686. The van der Waals surface area contributed by atoms with Crippen LogP contribution >= 0.6 is 0 Å². The Morgan fingerprint density at radius 3 is 2.73 bits per heavy atom. The summed E-state index contributed by atoms with van der Waals surface area (Å²) >= 11 is 0. The number of carbonyl (C=O) groups is 2. The second kappa shape index (κ2) is 6.35. The molecule has 0 aromatic heterocycles. The van der Waals surface area contributed by atoms with Gasteiger partial charge in [0.25, 0.3) is 0 Å². The lowest BCUT2D eigenvalue weighted by Crippen LogP contribution is -2.31. The van der Waals surface area contributed by atoms with Crippen molar-refractivity contribution in [3.63, 3.8) is 0 Å². The van der Waals surface area contributed by atoms with Crippen LogP contribution in [0.3, 0.4) is 0 Å². The first-order valence-corrected chi connectivity index (χ1v) is 8.71. The number of nitrogens with zero attached hydrogens (tertiary/aromatic N) is 1. The highest BCUT2D eigenvalue weighted by Gasteiger charge is 2.30. The summed E-state index contributed by atoms with van der Waals surface area (Å²) in [5.41, 5.74) is 1.08. The molecule has 1 heterocycles. The lowest BCUT2D eigenvalue weighted by molar-refractivity contribution is -0.141. The summed E-state index contributed by atoms with van der Waals surface area (Å²) in [4.78, 5) is 24.6. The van der Waals surface area contributed by atoms with E-state index in [1.54, 1.807) is 24.3 Å². The lowest BCUT2D eigenvalue weighted by Gasteiger charge is -2.16. The molecule has 0 spiro atoms. The zero-order valence-corrected chi connectivity index (χ0v) is 13.0. The number of likely N-dealkylation sites (tertiary alicyclic amines) is 1. The molecule has 1 aliphatic rings. The third-order valence-corrected chi connectivity index (χ3v) is 4.08. The molecular formula is C14H18N2O5S. The van der Waals surface area contributed by atoms with Crippen molar-refractivity contribution in [2.45, 2.75) is 12.8 Å². The van der Waals surface area contributed by atoms with Gasteiger partial charge in [-0.05, 0) is 24.1 Å². The first kappa shape index (κ1) is 16.3. The summed E-state index contributed by atoms with van der Waals surface area (Å²) in [6, 6.07) is 6.60. The maximum Gasteiger partial charge on any atom is 0.308 e. The minimum Gasteiger partial charge on any atom is -0.481 e. The Balaban J connectivity index is 2.00. The van der Waals surface area contributed by atoms with Crippen LogP contribution in [0.2, 0.25) is 0 Å². The van der Waals surface area contributed by atoms with Crippen LogP contribution < -0.4 is 4.72 Å². The SMILES string of the molecule is CS(=O)(=O)Nc1cccc(CC(=O)N2CCC(C(=O)O)C2)c1. The van der Waals surface area contributed by atoms with Gasteiger partial charge in [-0.2, -0.15) is 0 Å². The fourth-order valence-electron chi connectivity index (χ4n) is 2.43. The Morgan fingerprint density at radius 1 is 1.41 bits per heavy atom. The summed E-state index contributed by atoms with van der Waals surface area (Å²) < 4.78 is 24.8. The van der Waals surface area contributed by atoms with Gasteiger partial charge in [0.05, 0.1) is 18.6 Å². The van der Waals surface area contributed by atoms with Gasteiger partial charge >= 0.3 is 5.97 Å². The quantitative estimate of drug-likeness (QED) is 0.821. The molecule has 1 fully saturated rings. The molecule has 120 valence electrons. The van der Waals surface area contributed by atoms with E-state index in [-0.39, 0.29) is 18.9 Å². The van der Waals surface area contributed by atoms with Crippen LogP contribution in [0.25, 0.3) is 0 Å². The molecule has 0 radical (unpaired) electrons. The number of sulfonamides is 1. The number of carbonyl (C=O) groups excluding carboxylic acids is 1. The molecule has 0 bridgehead atoms. The number of hydrogen-bond donors (Lipinski definition) is 2. The maximum absolute atomic E-state index is 12.2. The van der Waals surface area contributed by atoms with E-state index in [9.17, 15) is 18.0 Å². The standard InChI is InChI=1S/C14H18N2O5S/c1-22(20,21)15-12-4-2-3-10(7-12)8-13(17)16-6-5-11(9-16)14(18)19/h2-4,7,11,15H,5-6,8-9H2,1H3,(H,18,19). The number of aliphatic carboxylic acids is 1. The number of benzene rings is 1. The zero-order valence-electron chi connectivity index (χ0n) is 12.2. The van der Waals surface area contributed by atoms with Crippen LogP contribution in [0.1, 0.15) is 12.0 Å². The molecule has 2 rings (SSSR count). The predicted octanol–water partition coefficient (Wildman–Crippen LogP) is 0.534. The van der Waals surface area contributed by atoms with Crippen LogP contribution in [0.5, 0.6) is 0 Å². The number of carboxylic acids is 1. The monoisotopic (exact) mass is 326 g/mol. The summed E-state index contributed by atoms with van der Waals surface area (Å²) in [6.07, 6.45) is 1.64. The molecule has 0 saturated carbocycles. The Kier molecular flexibility index (Phi) is 4.70. The van der Waals surface area contributed by atoms with E-state index in [1.165, 1.54) is 4.90 Å². The topological polar surface area (TPSA) is 104 Å². The predicted molar refractivity (Wildman–Crippen MR) is 80.9 cm³/mol. The van der Waals surface area contributed by atoms with Gasteiger partial charge in [-0.25, -0.2) is 8.42 Å². The van der Waals surface area contributed by atoms with Gasteiger partial charge in [0.2, 0.25) is 15.9 Å². The molecule has 1 unspecified atom stereocenters. The largest absolute Gasteiger partial charge is 0.481 e. The molecule has 22 heavy (non-hydrogen) atoms. The van der Waals surface area contributed by atoms with E-state index < -0.39 is 21.9 Å². The Morgan fingerprint density at radius 2 is 2.14 bits per heavy atom. The van der Waals surface area contributed by atoms with E-state index in [2.05, 4.69) is 4.72 Å². The first-order valence-electron chi connectivity index (χ1n) is 6.82.